The van der Waals surface area contributed by atoms with E-state index in [0.29, 0.717) is 11.4 Å². The molecule has 9 aromatic heterocycles. The number of nitrogens with zero attached hydrogens (tertiary/aromatic N) is 5. The van der Waals surface area contributed by atoms with E-state index in [1.165, 1.54) is 189 Å². The van der Waals surface area contributed by atoms with Crippen molar-refractivity contribution >= 4 is 64.3 Å². The third kappa shape index (κ3) is 17.4. The van der Waals surface area contributed by atoms with Gasteiger partial charge in [-0.2, -0.15) is 0 Å². The molecule has 0 N–H and O–H groups in total. The number of ether oxygens (including phenoxy) is 2. The first kappa shape index (κ1) is 61.9. The average molecular weight is 1260 g/mol. The van der Waals surface area contributed by atoms with Crippen LogP contribution >= 0.6 is 45.3 Å². The summed E-state index contributed by atoms with van der Waals surface area (Å²) in [6, 6.07) is 45.3. The molecule has 9 heterocycles. The van der Waals surface area contributed by atoms with Crippen molar-refractivity contribution in [3.05, 3.63) is 173 Å². The molecule has 0 aliphatic rings. The van der Waals surface area contributed by atoms with Crippen molar-refractivity contribution in [1.29, 1.82) is 0 Å². The molecule has 1 aromatic carbocycles. The van der Waals surface area contributed by atoms with E-state index in [9.17, 15) is 19.5 Å². The van der Waals surface area contributed by atoms with Gasteiger partial charge in [-0.3, -0.25) is 29.5 Å². The van der Waals surface area contributed by atoms with Crippen molar-refractivity contribution in [2.24, 2.45) is 0 Å². The maximum absolute atomic E-state index is 11.1. The van der Waals surface area contributed by atoms with E-state index in [4.69, 9.17) is 19.4 Å². The van der Waals surface area contributed by atoms with E-state index in [1.807, 2.05) is 57.6 Å². The summed E-state index contributed by atoms with van der Waals surface area (Å²) in [7, 11) is 0. The van der Waals surface area contributed by atoms with Gasteiger partial charge in [0.05, 0.1) is 40.1 Å². The Morgan fingerprint density at radius 1 is 0.482 bits per heavy atom. The number of unbranched alkanes of at least 4 members (excludes halogenated alkanes) is 10. The molecule has 10 aromatic rings. The first-order chi connectivity index (χ1) is 40.2. The molecule has 0 aliphatic carbocycles. The van der Waals surface area contributed by atoms with Gasteiger partial charge in [-0.05, 0) is 127 Å². The van der Waals surface area contributed by atoms with E-state index < -0.39 is 5.97 Å². The zero-order valence-corrected chi connectivity index (χ0v) is 51.6. The van der Waals surface area contributed by atoms with Gasteiger partial charge in [0.1, 0.15) is 11.5 Å². The minimum Gasteiger partial charge on any atom is -0.545 e. The van der Waals surface area contributed by atoms with Crippen molar-refractivity contribution in [3.8, 4) is 97.3 Å². The average Bonchev–Trinajstić information content (AvgIpc) is 4.41. The van der Waals surface area contributed by atoms with Crippen LogP contribution in [-0.2, 0) is 41.9 Å². The molecule has 0 aliphatic heterocycles. The predicted molar refractivity (Wildman–Crippen MR) is 332 cm³/mol. The number of carbonyl (C=O) groups is 3. The first-order valence-electron chi connectivity index (χ1n) is 27.9. The second kappa shape index (κ2) is 31.5. The van der Waals surface area contributed by atoms with Crippen LogP contribution in [0.25, 0.3) is 85.8 Å². The minimum absolute atomic E-state index is 0. The monoisotopic (exact) mass is 1260 g/mol. The van der Waals surface area contributed by atoms with Crippen LogP contribution in [0.15, 0.2) is 146 Å². The molecule has 0 atom stereocenters. The molecule has 0 fully saturated rings. The van der Waals surface area contributed by atoms with Gasteiger partial charge in [0.15, 0.2) is 0 Å². The quantitative estimate of drug-likeness (QED) is 0.0209. The molecule has 0 unspecified atom stereocenters. The summed E-state index contributed by atoms with van der Waals surface area (Å²) in [6.07, 6.45) is 23.1. The number of benzene rings is 1. The predicted octanol–water partition coefficient (Wildman–Crippen LogP) is 17.3. The number of aryl methyl sites for hydroxylation is 3. The van der Waals surface area contributed by atoms with Gasteiger partial charge in [-0.15, -0.1) is 80.7 Å². The van der Waals surface area contributed by atoms with Crippen LogP contribution in [0.3, 0.4) is 0 Å². The van der Waals surface area contributed by atoms with Crippen molar-refractivity contribution in [3.63, 3.8) is 0 Å². The molecule has 0 bridgehead atoms. The van der Waals surface area contributed by atoms with Crippen LogP contribution in [-0.4, -0.2) is 43.8 Å². The third-order valence-electron chi connectivity index (χ3n) is 13.6. The van der Waals surface area contributed by atoms with Crippen LogP contribution in [0.1, 0.15) is 117 Å². The summed E-state index contributed by atoms with van der Waals surface area (Å²) in [5.74, 6) is -0.967. The number of pyridine rings is 5. The molecule has 83 heavy (non-hydrogen) atoms. The Kier molecular flexibility index (Phi) is 23.4. The normalized spacial score (nSPS) is 10.9. The van der Waals surface area contributed by atoms with Gasteiger partial charge >= 0.3 is 19.5 Å². The number of rotatable bonds is 27. The number of carboxylic acid groups (broad SMARTS) is 1. The number of aromatic carboxylic acids is 1. The number of hydrogen-bond acceptors (Lipinski definition) is 15. The first-order valence-corrected chi connectivity index (χ1v) is 31.2. The Morgan fingerprint density at radius 3 is 1.54 bits per heavy atom. The largest absolute Gasteiger partial charge is 1.00 e. The van der Waals surface area contributed by atoms with Crippen molar-refractivity contribution in [2.45, 2.75) is 111 Å². The number of carboxylic acids is 1. The van der Waals surface area contributed by atoms with Crippen molar-refractivity contribution in [1.82, 2.24) is 24.9 Å². The number of hydrogen-bond donors (Lipinski definition) is 0. The maximum atomic E-state index is 11.1. The Morgan fingerprint density at radius 2 is 0.940 bits per heavy atom. The SMILES string of the molecule is CCCCCCCCc1ccc(-c2ccc(-c3ccnc(-c4cc(-c5ccc(-c6ccc(CCCCCCCC)s6)s5)cc(-c5[c-]ccc(C)c5)n4)c3)s2)s1.O=COc1ccnc(-c2cc(OC=O)cc(-c3cc(C(=O)[O-])ccn3)n2)c1.[Ru+]. The molecular weight excluding hydrogens is 1200 g/mol. The third-order valence-corrected chi connectivity index (χ3v) is 18.6. The molecular formula is C67H63N5O6RuS4-. The van der Waals surface area contributed by atoms with Crippen LogP contribution < -0.4 is 14.6 Å². The molecule has 0 saturated heterocycles. The maximum Gasteiger partial charge on any atom is 1.00 e. The summed E-state index contributed by atoms with van der Waals surface area (Å²) in [5, 5.41) is 11.1. The molecule has 16 heteroatoms. The molecule has 425 valence electrons. The summed E-state index contributed by atoms with van der Waals surface area (Å²) in [6.45, 7) is 7.22. The van der Waals surface area contributed by atoms with Crippen molar-refractivity contribution < 1.29 is 48.4 Å². The molecule has 1 radical (unpaired) electrons. The summed E-state index contributed by atoms with van der Waals surface area (Å²) in [4.78, 5) is 65.9. The Balaban J connectivity index is 0.000000270. The number of carbonyl (C=O) groups excluding carboxylic acids is 3. The van der Waals surface area contributed by atoms with Gasteiger partial charge in [0.2, 0.25) is 0 Å². The van der Waals surface area contributed by atoms with E-state index in [2.05, 4.69) is 127 Å². The van der Waals surface area contributed by atoms with Gasteiger partial charge in [0, 0.05) is 81.4 Å². The Labute approximate surface area is 514 Å². The Hall–Kier alpha value is -7.20. The van der Waals surface area contributed by atoms with E-state index in [-0.39, 0.29) is 60.9 Å². The molecule has 10 rings (SSSR count). The summed E-state index contributed by atoms with van der Waals surface area (Å²) < 4.78 is 9.68. The van der Waals surface area contributed by atoms with E-state index in [1.54, 1.807) is 0 Å². The fraction of sp³-hybridized carbons (Fsp3) is 0.254. The van der Waals surface area contributed by atoms with Gasteiger partial charge < -0.3 is 19.4 Å². The minimum atomic E-state index is -1.36. The number of aromatic nitrogens is 5. The fourth-order valence-electron chi connectivity index (χ4n) is 9.36. The fourth-order valence-corrected chi connectivity index (χ4v) is 13.6. The second-order valence-electron chi connectivity index (χ2n) is 19.8. The van der Waals surface area contributed by atoms with E-state index >= 15 is 0 Å². The summed E-state index contributed by atoms with van der Waals surface area (Å²) in [5.41, 5.74) is 8.25. The molecule has 0 saturated carbocycles. The van der Waals surface area contributed by atoms with Gasteiger partial charge in [0.25, 0.3) is 12.9 Å². The topological polar surface area (TPSA) is 157 Å². The Bertz CT molecular complexity index is 3740. The zero-order chi connectivity index (χ0) is 57.0. The molecule has 0 amide bonds. The second-order valence-corrected chi connectivity index (χ2v) is 24.3. The van der Waals surface area contributed by atoms with Gasteiger partial charge in [-0.25, -0.2) is 4.98 Å². The number of thiophene rings is 4. The standard InChI is InChI=1S/C49H53N2S4.C18H11N3O6.Ru/c1-4-6-8-10-12-14-19-39-21-23-46(52-39)48-27-25-44(54-48)37-29-30-50-42(32-37)43-34-38(33-41(51-43)36-18-16-17-35(3)31-36)45-26-28-49(55-45)47-24-22-40(53-47)20-15-13-11-9-7-5-2;22-9-26-12-2-4-20-15(6-12)17-8-13(27-10-23)7-16(21-17)14-5-11(18(24)25)1-3-19-14;/h16-17,21-34H,4-15,19-20H2,1-3H3;1-10H,(H,24,25);/q-1;;+1/p-1. The summed E-state index contributed by atoms with van der Waals surface area (Å²) >= 11 is 7.64. The van der Waals surface area contributed by atoms with Crippen LogP contribution in [0.5, 0.6) is 11.5 Å². The van der Waals surface area contributed by atoms with Crippen LogP contribution in [0.2, 0.25) is 0 Å². The molecule has 0 spiro atoms. The van der Waals surface area contributed by atoms with Crippen molar-refractivity contribution in [2.75, 3.05) is 0 Å². The van der Waals surface area contributed by atoms with Crippen LogP contribution in [0, 0.1) is 13.0 Å². The molecule has 11 nitrogen and oxygen atoms in total. The smallest absolute Gasteiger partial charge is 0.545 e. The van der Waals surface area contributed by atoms with Gasteiger partial charge in [-0.1, -0.05) is 91.0 Å². The van der Waals surface area contributed by atoms with Crippen LogP contribution in [0.4, 0.5) is 0 Å². The van der Waals surface area contributed by atoms with E-state index in [0.717, 1.165) is 28.2 Å². The zero-order valence-electron chi connectivity index (χ0n) is 46.6.